The number of benzene rings is 1. The molecule has 17 heavy (non-hydrogen) atoms. The van der Waals surface area contributed by atoms with Crippen molar-refractivity contribution >= 4 is 21.9 Å². The van der Waals surface area contributed by atoms with Gasteiger partial charge in [-0.1, -0.05) is 6.07 Å². The van der Waals surface area contributed by atoms with E-state index in [2.05, 4.69) is 20.7 Å². The SMILES string of the molecule is CCOC(=O)c1cc(OC(F)(F)Br)ccc1C. The van der Waals surface area contributed by atoms with E-state index >= 15 is 0 Å². The minimum atomic E-state index is -3.46. The zero-order valence-electron chi connectivity index (χ0n) is 9.30. The van der Waals surface area contributed by atoms with Gasteiger partial charge in [0.25, 0.3) is 0 Å². The Balaban J connectivity index is 2.98. The minimum Gasteiger partial charge on any atom is -0.462 e. The molecule has 0 heterocycles. The highest BCUT2D eigenvalue weighted by atomic mass is 79.9. The van der Waals surface area contributed by atoms with E-state index in [4.69, 9.17) is 4.74 Å². The van der Waals surface area contributed by atoms with Crippen molar-refractivity contribution in [2.75, 3.05) is 6.61 Å². The minimum absolute atomic E-state index is 0.111. The predicted octanol–water partition coefficient (Wildman–Crippen LogP) is 3.50. The Kier molecular flexibility index (Phi) is 4.45. The molecule has 0 fully saturated rings. The molecule has 0 aliphatic carbocycles. The van der Waals surface area contributed by atoms with Gasteiger partial charge in [0.15, 0.2) is 0 Å². The van der Waals surface area contributed by atoms with Gasteiger partial charge in [-0.05, 0) is 31.5 Å². The third kappa shape index (κ3) is 4.30. The molecule has 1 rings (SSSR count). The maximum absolute atomic E-state index is 12.6. The van der Waals surface area contributed by atoms with E-state index in [1.807, 2.05) is 0 Å². The lowest BCUT2D eigenvalue weighted by Gasteiger charge is -2.13. The smallest absolute Gasteiger partial charge is 0.459 e. The van der Waals surface area contributed by atoms with Crippen molar-refractivity contribution in [3.05, 3.63) is 29.3 Å². The summed E-state index contributed by atoms with van der Waals surface area (Å²) in [7, 11) is 0. The molecule has 0 bridgehead atoms. The summed E-state index contributed by atoms with van der Waals surface area (Å²) >= 11 is 2.05. The highest BCUT2D eigenvalue weighted by Crippen LogP contribution is 2.28. The van der Waals surface area contributed by atoms with Crippen LogP contribution in [0.4, 0.5) is 8.78 Å². The second kappa shape index (κ2) is 5.44. The molecular weight excluding hydrogens is 298 g/mol. The molecule has 6 heteroatoms. The van der Waals surface area contributed by atoms with Crippen molar-refractivity contribution in [2.45, 2.75) is 18.9 Å². The normalized spacial score (nSPS) is 11.1. The second-order valence-electron chi connectivity index (χ2n) is 3.25. The molecule has 3 nitrogen and oxygen atoms in total. The van der Waals surface area contributed by atoms with Crippen LogP contribution in [0.25, 0.3) is 0 Å². The Morgan fingerprint density at radius 1 is 1.47 bits per heavy atom. The van der Waals surface area contributed by atoms with Gasteiger partial charge in [0.2, 0.25) is 0 Å². The zero-order valence-corrected chi connectivity index (χ0v) is 10.9. The van der Waals surface area contributed by atoms with Crippen molar-refractivity contribution in [3.8, 4) is 5.75 Å². The molecule has 0 aliphatic rings. The fourth-order valence-electron chi connectivity index (χ4n) is 1.23. The van der Waals surface area contributed by atoms with Crippen LogP contribution in [0.15, 0.2) is 18.2 Å². The number of hydrogen-bond donors (Lipinski definition) is 0. The first-order chi connectivity index (χ1) is 7.83. The van der Waals surface area contributed by atoms with Crippen LogP contribution in [0.2, 0.25) is 0 Å². The summed E-state index contributed by atoms with van der Waals surface area (Å²) in [6.45, 7) is 3.57. The Morgan fingerprint density at radius 2 is 2.12 bits per heavy atom. The van der Waals surface area contributed by atoms with Crippen molar-refractivity contribution in [2.24, 2.45) is 0 Å². The van der Waals surface area contributed by atoms with Gasteiger partial charge in [-0.2, -0.15) is 8.78 Å². The number of ether oxygens (including phenoxy) is 2. The molecule has 0 atom stereocenters. The average molecular weight is 309 g/mol. The summed E-state index contributed by atoms with van der Waals surface area (Å²) in [6, 6.07) is 4.09. The number of alkyl halides is 3. The van der Waals surface area contributed by atoms with Crippen LogP contribution >= 0.6 is 15.9 Å². The molecule has 0 amide bonds. The number of carbonyl (C=O) groups excluding carboxylic acids is 1. The number of aryl methyl sites for hydroxylation is 1. The van der Waals surface area contributed by atoms with Crippen LogP contribution in [-0.2, 0) is 4.74 Å². The molecule has 0 N–H and O–H groups in total. The Hall–Kier alpha value is -1.17. The van der Waals surface area contributed by atoms with E-state index in [0.717, 1.165) is 0 Å². The van der Waals surface area contributed by atoms with Gasteiger partial charge in [0, 0.05) is 15.9 Å². The molecule has 0 saturated heterocycles. The number of esters is 1. The molecule has 1 aromatic carbocycles. The van der Waals surface area contributed by atoms with E-state index in [0.29, 0.717) is 5.56 Å². The lowest BCUT2D eigenvalue weighted by molar-refractivity contribution is -0.0803. The van der Waals surface area contributed by atoms with Gasteiger partial charge in [-0.15, -0.1) is 0 Å². The van der Waals surface area contributed by atoms with Crippen LogP contribution in [-0.4, -0.2) is 17.6 Å². The highest BCUT2D eigenvalue weighted by molar-refractivity contribution is 9.09. The molecule has 0 aliphatic heterocycles. The first-order valence-electron chi connectivity index (χ1n) is 4.87. The van der Waals surface area contributed by atoms with E-state index in [1.54, 1.807) is 13.8 Å². The van der Waals surface area contributed by atoms with Gasteiger partial charge in [0.05, 0.1) is 12.2 Å². The maximum Gasteiger partial charge on any atom is 0.459 e. The van der Waals surface area contributed by atoms with Crippen LogP contribution in [0, 0.1) is 6.92 Å². The van der Waals surface area contributed by atoms with Crippen molar-refractivity contribution < 1.29 is 23.0 Å². The molecule has 0 saturated carbocycles. The molecule has 94 valence electrons. The summed E-state index contributed by atoms with van der Waals surface area (Å²) in [4.78, 5) is 11.5. The van der Waals surface area contributed by atoms with E-state index in [9.17, 15) is 13.6 Å². The number of halogens is 3. The molecule has 0 aromatic heterocycles. The largest absolute Gasteiger partial charge is 0.462 e. The highest BCUT2D eigenvalue weighted by Gasteiger charge is 2.27. The summed E-state index contributed by atoms with van der Waals surface area (Å²) in [5, 5.41) is -3.46. The second-order valence-corrected chi connectivity index (χ2v) is 4.17. The summed E-state index contributed by atoms with van der Waals surface area (Å²) in [5.74, 6) is -0.672. The lowest BCUT2D eigenvalue weighted by atomic mass is 10.1. The maximum atomic E-state index is 12.6. The summed E-state index contributed by atoms with van der Waals surface area (Å²) < 4.78 is 34.2. The standard InChI is InChI=1S/C11H11BrF2O3/c1-3-16-10(15)9-6-8(5-4-7(9)2)17-11(12,13)14/h4-6H,3H2,1-2H3. The monoisotopic (exact) mass is 308 g/mol. The van der Waals surface area contributed by atoms with Gasteiger partial charge in [0.1, 0.15) is 5.75 Å². The van der Waals surface area contributed by atoms with Gasteiger partial charge in [-0.25, -0.2) is 4.79 Å². The fourth-order valence-corrected chi connectivity index (χ4v) is 1.41. The van der Waals surface area contributed by atoms with Gasteiger partial charge < -0.3 is 9.47 Å². The van der Waals surface area contributed by atoms with Crippen molar-refractivity contribution in [1.82, 2.24) is 0 Å². The quantitative estimate of drug-likeness (QED) is 0.631. The first-order valence-corrected chi connectivity index (χ1v) is 5.66. The van der Waals surface area contributed by atoms with Gasteiger partial charge in [-0.3, -0.25) is 0 Å². The van der Waals surface area contributed by atoms with Crippen molar-refractivity contribution in [3.63, 3.8) is 0 Å². The first kappa shape index (κ1) is 13.9. The third-order valence-electron chi connectivity index (χ3n) is 1.94. The summed E-state index contributed by atoms with van der Waals surface area (Å²) in [5.41, 5.74) is 0.842. The Labute approximate surface area is 106 Å². The summed E-state index contributed by atoms with van der Waals surface area (Å²) in [6.07, 6.45) is 0. The van der Waals surface area contributed by atoms with Crippen LogP contribution in [0.3, 0.4) is 0 Å². The van der Waals surface area contributed by atoms with Crippen LogP contribution in [0.5, 0.6) is 5.75 Å². The Bertz CT molecular complexity index is 416. The van der Waals surface area contributed by atoms with E-state index < -0.39 is 11.0 Å². The van der Waals surface area contributed by atoms with E-state index in [1.165, 1.54) is 18.2 Å². The number of carbonyl (C=O) groups is 1. The zero-order chi connectivity index (χ0) is 13.1. The average Bonchev–Trinajstić information content (AvgIpc) is 2.19. The molecule has 0 unspecified atom stereocenters. The van der Waals surface area contributed by atoms with Crippen LogP contribution in [0.1, 0.15) is 22.8 Å². The molecular formula is C11H11BrF2O3. The molecule has 0 radical (unpaired) electrons. The van der Waals surface area contributed by atoms with Gasteiger partial charge >= 0.3 is 11.0 Å². The van der Waals surface area contributed by atoms with Crippen LogP contribution < -0.4 is 4.74 Å². The fraction of sp³-hybridized carbons (Fsp3) is 0.364. The number of rotatable bonds is 4. The van der Waals surface area contributed by atoms with Crippen molar-refractivity contribution in [1.29, 1.82) is 0 Å². The van der Waals surface area contributed by atoms with E-state index in [-0.39, 0.29) is 17.9 Å². The molecule has 1 aromatic rings. The third-order valence-corrected chi connectivity index (χ3v) is 2.10. The predicted molar refractivity (Wildman–Crippen MR) is 61.6 cm³/mol. The molecule has 0 spiro atoms. The topological polar surface area (TPSA) is 35.5 Å². The lowest BCUT2D eigenvalue weighted by Crippen LogP contribution is -2.15. The number of hydrogen-bond acceptors (Lipinski definition) is 3. The Morgan fingerprint density at radius 3 is 2.65 bits per heavy atom.